The Kier molecular flexibility index (Phi) is 5.71. The fourth-order valence-corrected chi connectivity index (χ4v) is 1.53. The highest BCUT2D eigenvalue weighted by Crippen LogP contribution is 2.05. The van der Waals surface area contributed by atoms with Crippen LogP contribution in [0.25, 0.3) is 0 Å². The summed E-state index contributed by atoms with van der Waals surface area (Å²) in [4.78, 5) is 11.3. The average molecular weight is 222 g/mol. The molecule has 5 nitrogen and oxygen atoms in total. The zero-order valence-corrected chi connectivity index (χ0v) is 9.43. The van der Waals surface area contributed by atoms with Crippen LogP contribution in [0.15, 0.2) is 0 Å². The highest BCUT2D eigenvalue weighted by atomic mass is 32.2. The molecule has 1 atom stereocenters. The molecular weight excluding hydrogens is 204 g/mol. The quantitative estimate of drug-likeness (QED) is 0.653. The minimum absolute atomic E-state index is 0.0810. The van der Waals surface area contributed by atoms with Crippen molar-refractivity contribution in [1.29, 1.82) is 0 Å². The van der Waals surface area contributed by atoms with E-state index < -0.39 is 15.9 Å². The fourth-order valence-electron chi connectivity index (χ4n) is 0.881. The SMILES string of the molecule is CCS(=O)(=O)NC(=O)C(C)CCCN. The van der Waals surface area contributed by atoms with Gasteiger partial charge in [-0.15, -0.1) is 0 Å². The van der Waals surface area contributed by atoms with Crippen molar-refractivity contribution >= 4 is 15.9 Å². The van der Waals surface area contributed by atoms with Gasteiger partial charge in [-0.2, -0.15) is 0 Å². The van der Waals surface area contributed by atoms with Gasteiger partial charge < -0.3 is 5.73 Å². The summed E-state index contributed by atoms with van der Waals surface area (Å²) in [6.45, 7) is 3.69. The molecule has 0 aromatic carbocycles. The van der Waals surface area contributed by atoms with Crippen LogP contribution in [0.2, 0.25) is 0 Å². The van der Waals surface area contributed by atoms with E-state index in [0.29, 0.717) is 13.0 Å². The van der Waals surface area contributed by atoms with Crippen LogP contribution in [-0.4, -0.2) is 26.6 Å². The molecule has 0 aliphatic heterocycles. The second kappa shape index (κ2) is 5.98. The van der Waals surface area contributed by atoms with Gasteiger partial charge in [0, 0.05) is 5.92 Å². The number of sulfonamides is 1. The maximum atomic E-state index is 11.3. The molecule has 3 N–H and O–H groups in total. The van der Waals surface area contributed by atoms with Crippen LogP contribution in [0.4, 0.5) is 0 Å². The molecule has 0 aliphatic rings. The van der Waals surface area contributed by atoms with Gasteiger partial charge in [-0.1, -0.05) is 6.92 Å². The van der Waals surface area contributed by atoms with Gasteiger partial charge in [0.2, 0.25) is 15.9 Å². The number of carbonyl (C=O) groups is 1. The molecule has 0 bridgehead atoms. The summed E-state index contributed by atoms with van der Waals surface area (Å²) in [7, 11) is -3.42. The first-order valence-electron chi connectivity index (χ1n) is 4.67. The Balaban J connectivity index is 4.08. The van der Waals surface area contributed by atoms with E-state index in [1.165, 1.54) is 6.92 Å². The van der Waals surface area contributed by atoms with Crippen molar-refractivity contribution in [1.82, 2.24) is 4.72 Å². The number of nitrogens with two attached hydrogens (primary N) is 1. The molecule has 0 aromatic heterocycles. The highest BCUT2D eigenvalue weighted by Gasteiger charge is 2.17. The molecule has 0 aromatic rings. The predicted molar refractivity (Wildman–Crippen MR) is 55.1 cm³/mol. The Morgan fingerprint density at radius 1 is 1.50 bits per heavy atom. The van der Waals surface area contributed by atoms with Gasteiger partial charge in [0.05, 0.1) is 5.75 Å². The van der Waals surface area contributed by atoms with Crippen LogP contribution in [0.1, 0.15) is 26.7 Å². The summed E-state index contributed by atoms with van der Waals surface area (Å²) < 4.78 is 24.1. The third-order valence-electron chi connectivity index (χ3n) is 1.92. The van der Waals surface area contributed by atoms with E-state index in [-0.39, 0.29) is 11.7 Å². The molecule has 0 saturated heterocycles. The molecule has 14 heavy (non-hydrogen) atoms. The van der Waals surface area contributed by atoms with Gasteiger partial charge in [-0.3, -0.25) is 9.52 Å². The summed E-state index contributed by atoms with van der Waals surface area (Å²) in [6.07, 6.45) is 1.34. The summed E-state index contributed by atoms with van der Waals surface area (Å²) in [5.41, 5.74) is 5.28. The van der Waals surface area contributed by atoms with Gasteiger partial charge in [0.15, 0.2) is 0 Å². The largest absolute Gasteiger partial charge is 0.330 e. The number of rotatable bonds is 6. The van der Waals surface area contributed by atoms with Crippen LogP contribution >= 0.6 is 0 Å². The van der Waals surface area contributed by atoms with Gasteiger partial charge >= 0.3 is 0 Å². The van der Waals surface area contributed by atoms with Crippen LogP contribution in [0, 0.1) is 5.92 Å². The summed E-state index contributed by atoms with van der Waals surface area (Å²) in [6, 6.07) is 0. The number of hydrogen-bond acceptors (Lipinski definition) is 4. The van der Waals surface area contributed by atoms with E-state index in [1.54, 1.807) is 6.92 Å². The zero-order chi connectivity index (χ0) is 11.2. The molecule has 0 fully saturated rings. The molecule has 1 unspecified atom stereocenters. The number of hydrogen-bond donors (Lipinski definition) is 2. The molecule has 0 aliphatic carbocycles. The van der Waals surface area contributed by atoms with E-state index in [4.69, 9.17) is 5.73 Å². The van der Waals surface area contributed by atoms with Crippen LogP contribution < -0.4 is 10.5 Å². The van der Waals surface area contributed by atoms with Crippen molar-refractivity contribution in [3.8, 4) is 0 Å². The van der Waals surface area contributed by atoms with Gasteiger partial charge in [0.25, 0.3) is 0 Å². The lowest BCUT2D eigenvalue weighted by Crippen LogP contribution is -2.35. The minimum atomic E-state index is -3.42. The molecular formula is C8H18N2O3S. The molecule has 0 rings (SSSR count). The topological polar surface area (TPSA) is 89.3 Å². The standard InChI is InChI=1S/C8H18N2O3S/c1-3-14(12,13)10-8(11)7(2)5-4-6-9/h7H,3-6,9H2,1-2H3,(H,10,11). The molecule has 84 valence electrons. The Morgan fingerprint density at radius 2 is 2.07 bits per heavy atom. The lowest BCUT2D eigenvalue weighted by atomic mass is 10.1. The van der Waals surface area contributed by atoms with E-state index in [1.807, 2.05) is 4.72 Å². The summed E-state index contributed by atoms with van der Waals surface area (Å²) in [5, 5.41) is 0. The second-order valence-corrected chi connectivity index (χ2v) is 5.21. The normalized spacial score (nSPS) is 13.6. The first-order valence-corrected chi connectivity index (χ1v) is 6.32. The smallest absolute Gasteiger partial charge is 0.236 e. The van der Waals surface area contributed by atoms with E-state index in [2.05, 4.69) is 0 Å². The van der Waals surface area contributed by atoms with Crippen molar-refractivity contribution < 1.29 is 13.2 Å². The van der Waals surface area contributed by atoms with Gasteiger partial charge in [-0.05, 0) is 26.3 Å². The number of nitrogens with one attached hydrogen (secondary N) is 1. The fraction of sp³-hybridized carbons (Fsp3) is 0.875. The number of amides is 1. The number of carbonyl (C=O) groups excluding carboxylic acids is 1. The minimum Gasteiger partial charge on any atom is -0.330 e. The average Bonchev–Trinajstić information content (AvgIpc) is 2.13. The van der Waals surface area contributed by atoms with Crippen molar-refractivity contribution in [3.05, 3.63) is 0 Å². The molecule has 0 saturated carbocycles. The Bertz CT molecular complexity index is 274. The lowest BCUT2D eigenvalue weighted by Gasteiger charge is -2.10. The zero-order valence-electron chi connectivity index (χ0n) is 8.62. The molecule has 0 heterocycles. The van der Waals surface area contributed by atoms with Crippen molar-refractivity contribution in [3.63, 3.8) is 0 Å². The highest BCUT2D eigenvalue weighted by molar-refractivity contribution is 7.90. The van der Waals surface area contributed by atoms with Crippen LogP contribution in [-0.2, 0) is 14.8 Å². The van der Waals surface area contributed by atoms with Crippen molar-refractivity contribution in [2.45, 2.75) is 26.7 Å². The third kappa shape index (κ3) is 5.18. The maximum Gasteiger partial charge on any atom is 0.236 e. The molecule has 0 radical (unpaired) electrons. The van der Waals surface area contributed by atoms with Crippen molar-refractivity contribution in [2.75, 3.05) is 12.3 Å². The Morgan fingerprint density at radius 3 is 2.50 bits per heavy atom. The maximum absolute atomic E-state index is 11.3. The second-order valence-electron chi connectivity index (χ2n) is 3.20. The Labute approximate surface area is 85.1 Å². The third-order valence-corrected chi connectivity index (χ3v) is 3.20. The van der Waals surface area contributed by atoms with E-state index in [0.717, 1.165) is 6.42 Å². The first-order chi connectivity index (χ1) is 6.43. The molecule has 6 heteroatoms. The van der Waals surface area contributed by atoms with Crippen LogP contribution in [0.5, 0.6) is 0 Å². The summed E-state index contributed by atoms with van der Waals surface area (Å²) >= 11 is 0. The summed E-state index contributed by atoms with van der Waals surface area (Å²) in [5.74, 6) is -0.831. The monoisotopic (exact) mass is 222 g/mol. The Hall–Kier alpha value is -0.620. The van der Waals surface area contributed by atoms with E-state index in [9.17, 15) is 13.2 Å². The van der Waals surface area contributed by atoms with Gasteiger partial charge in [-0.25, -0.2) is 8.42 Å². The molecule has 0 spiro atoms. The van der Waals surface area contributed by atoms with Crippen LogP contribution in [0.3, 0.4) is 0 Å². The predicted octanol–water partition coefficient (Wildman–Crippen LogP) is -0.173. The lowest BCUT2D eigenvalue weighted by molar-refractivity contribution is -0.122. The molecule has 1 amide bonds. The van der Waals surface area contributed by atoms with E-state index >= 15 is 0 Å². The van der Waals surface area contributed by atoms with Gasteiger partial charge in [0.1, 0.15) is 0 Å². The first kappa shape index (κ1) is 13.4. The van der Waals surface area contributed by atoms with Crippen molar-refractivity contribution in [2.24, 2.45) is 11.7 Å².